The molecule has 0 saturated heterocycles. The number of nitrogens with one attached hydrogen (secondary N) is 1. The third-order valence-corrected chi connectivity index (χ3v) is 4.41. The lowest BCUT2D eigenvalue weighted by Crippen LogP contribution is -2.40. The highest BCUT2D eigenvalue weighted by atomic mass is 14.9. The highest BCUT2D eigenvalue weighted by Gasteiger charge is 2.41. The van der Waals surface area contributed by atoms with Crippen LogP contribution in [0, 0.1) is 23.2 Å². The van der Waals surface area contributed by atoms with Crippen LogP contribution in [0.3, 0.4) is 0 Å². The molecule has 1 heteroatoms. The molecule has 0 spiro atoms. The summed E-state index contributed by atoms with van der Waals surface area (Å²) in [7, 11) is 0. The summed E-state index contributed by atoms with van der Waals surface area (Å²) in [6, 6.07) is 0.637. The van der Waals surface area contributed by atoms with Crippen LogP contribution in [0.15, 0.2) is 0 Å². The van der Waals surface area contributed by atoms with Gasteiger partial charge in [0.1, 0.15) is 0 Å². The summed E-state index contributed by atoms with van der Waals surface area (Å²) in [6.07, 6.45) is 6.03. The molecule has 0 bridgehead atoms. The molecule has 1 unspecified atom stereocenters. The zero-order valence-corrected chi connectivity index (χ0v) is 10.8. The lowest BCUT2D eigenvalue weighted by atomic mass is 9.87. The molecular formula is C14H27N. The second-order valence-corrected chi connectivity index (χ2v) is 6.83. The van der Waals surface area contributed by atoms with Gasteiger partial charge in [0, 0.05) is 6.04 Å². The Morgan fingerprint density at radius 3 is 1.87 bits per heavy atom. The molecule has 2 aliphatic carbocycles. The van der Waals surface area contributed by atoms with Crippen LogP contribution in [0.4, 0.5) is 0 Å². The molecular weight excluding hydrogens is 182 g/mol. The molecule has 1 N–H and O–H groups in total. The van der Waals surface area contributed by atoms with Crippen LogP contribution < -0.4 is 5.32 Å². The van der Waals surface area contributed by atoms with Gasteiger partial charge in [-0.2, -0.15) is 0 Å². The van der Waals surface area contributed by atoms with Crippen LogP contribution >= 0.6 is 0 Å². The molecule has 88 valence electrons. The molecule has 2 rings (SSSR count). The van der Waals surface area contributed by atoms with Crippen molar-refractivity contribution in [1.29, 1.82) is 0 Å². The van der Waals surface area contributed by atoms with E-state index in [4.69, 9.17) is 0 Å². The molecule has 0 amide bonds. The fraction of sp³-hybridized carbons (Fsp3) is 1.00. The van der Waals surface area contributed by atoms with Crippen molar-refractivity contribution < 1.29 is 0 Å². The summed E-state index contributed by atoms with van der Waals surface area (Å²) in [4.78, 5) is 0. The van der Waals surface area contributed by atoms with E-state index in [2.05, 4.69) is 33.0 Å². The molecule has 0 radical (unpaired) electrons. The predicted octanol–water partition coefficient (Wildman–Crippen LogP) is 3.45. The van der Waals surface area contributed by atoms with E-state index in [1.165, 1.54) is 32.2 Å². The first-order valence-electron chi connectivity index (χ1n) is 6.72. The minimum atomic E-state index is 0.400. The van der Waals surface area contributed by atoms with Crippen LogP contribution in [0.2, 0.25) is 0 Å². The average molecular weight is 209 g/mol. The van der Waals surface area contributed by atoms with Gasteiger partial charge in [0.2, 0.25) is 0 Å². The smallest absolute Gasteiger partial charge is 0.00873 e. The highest BCUT2D eigenvalue weighted by Crippen LogP contribution is 2.48. The Bertz CT molecular complexity index is 196. The van der Waals surface area contributed by atoms with Crippen molar-refractivity contribution in [2.45, 2.75) is 59.4 Å². The molecule has 15 heavy (non-hydrogen) atoms. The van der Waals surface area contributed by atoms with Crippen LogP contribution in [-0.2, 0) is 0 Å². The lowest BCUT2D eigenvalue weighted by molar-refractivity contribution is 0.258. The van der Waals surface area contributed by atoms with Crippen LogP contribution in [-0.4, -0.2) is 12.6 Å². The summed E-state index contributed by atoms with van der Waals surface area (Å²) in [5, 5.41) is 3.77. The van der Waals surface area contributed by atoms with Crippen LogP contribution in [0.5, 0.6) is 0 Å². The Labute approximate surface area is 95.0 Å². The van der Waals surface area contributed by atoms with Crippen molar-refractivity contribution in [3.63, 3.8) is 0 Å². The van der Waals surface area contributed by atoms with Crippen molar-refractivity contribution in [1.82, 2.24) is 5.32 Å². The van der Waals surface area contributed by atoms with Crippen molar-refractivity contribution in [2.24, 2.45) is 23.2 Å². The monoisotopic (exact) mass is 209 g/mol. The maximum Gasteiger partial charge on any atom is 0.00873 e. The van der Waals surface area contributed by atoms with Gasteiger partial charge < -0.3 is 5.32 Å². The van der Waals surface area contributed by atoms with Gasteiger partial charge in [-0.1, -0.05) is 20.8 Å². The summed E-state index contributed by atoms with van der Waals surface area (Å²) in [5.41, 5.74) is 0.400. The van der Waals surface area contributed by atoms with E-state index in [-0.39, 0.29) is 0 Å². The zero-order chi connectivity index (χ0) is 11.1. The van der Waals surface area contributed by atoms with E-state index in [0.29, 0.717) is 11.5 Å². The van der Waals surface area contributed by atoms with Crippen molar-refractivity contribution in [2.75, 3.05) is 6.54 Å². The fourth-order valence-electron chi connectivity index (χ4n) is 2.39. The first-order chi connectivity index (χ1) is 6.98. The van der Waals surface area contributed by atoms with E-state index in [0.717, 1.165) is 17.8 Å². The molecule has 2 aliphatic rings. The Morgan fingerprint density at radius 1 is 1.07 bits per heavy atom. The minimum absolute atomic E-state index is 0.400. The van der Waals surface area contributed by atoms with E-state index in [1.54, 1.807) is 0 Å². The number of rotatable bonds is 5. The van der Waals surface area contributed by atoms with Gasteiger partial charge in [0.05, 0.1) is 0 Å². The molecule has 2 saturated carbocycles. The van der Waals surface area contributed by atoms with E-state index >= 15 is 0 Å². The maximum absolute atomic E-state index is 3.77. The van der Waals surface area contributed by atoms with Gasteiger partial charge in [-0.05, 0) is 62.3 Å². The standard InChI is InChI=1S/C14H27N/c1-10(14(2,3)4)15-9-13(11-5-6-11)12-7-8-12/h10-13,15H,5-9H2,1-4H3. The van der Waals surface area contributed by atoms with Crippen molar-refractivity contribution in [3.8, 4) is 0 Å². The number of hydrogen-bond acceptors (Lipinski definition) is 1. The van der Waals surface area contributed by atoms with E-state index in [1.807, 2.05) is 0 Å². The second kappa shape index (κ2) is 4.08. The van der Waals surface area contributed by atoms with E-state index < -0.39 is 0 Å². The first-order valence-corrected chi connectivity index (χ1v) is 6.72. The maximum atomic E-state index is 3.77. The Hall–Kier alpha value is -0.0400. The quantitative estimate of drug-likeness (QED) is 0.731. The zero-order valence-electron chi connectivity index (χ0n) is 10.8. The van der Waals surface area contributed by atoms with Gasteiger partial charge in [0.25, 0.3) is 0 Å². The molecule has 0 aromatic carbocycles. The van der Waals surface area contributed by atoms with Crippen molar-refractivity contribution >= 4 is 0 Å². The summed E-state index contributed by atoms with van der Waals surface area (Å²) >= 11 is 0. The summed E-state index contributed by atoms with van der Waals surface area (Å²) in [5.74, 6) is 3.17. The summed E-state index contributed by atoms with van der Waals surface area (Å²) < 4.78 is 0. The summed E-state index contributed by atoms with van der Waals surface area (Å²) in [6.45, 7) is 10.6. The normalized spacial score (nSPS) is 24.6. The second-order valence-electron chi connectivity index (χ2n) is 6.83. The Morgan fingerprint density at radius 2 is 1.53 bits per heavy atom. The molecule has 0 heterocycles. The van der Waals surface area contributed by atoms with Gasteiger partial charge in [0.15, 0.2) is 0 Å². The Balaban J connectivity index is 1.75. The first kappa shape index (κ1) is 11.4. The molecule has 0 aromatic heterocycles. The molecule has 0 aliphatic heterocycles. The number of hydrogen-bond donors (Lipinski definition) is 1. The fourth-order valence-corrected chi connectivity index (χ4v) is 2.39. The topological polar surface area (TPSA) is 12.0 Å². The van der Waals surface area contributed by atoms with Gasteiger partial charge >= 0.3 is 0 Å². The molecule has 1 nitrogen and oxygen atoms in total. The van der Waals surface area contributed by atoms with Crippen molar-refractivity contribution in [3.05, 3.63) is 0 Å². The highest BCUT2D eigenvalue weighted by molar-refractivity contribution is 4.93. The average Bonchev–Trinajstić information content (AvgIpc) is 2.98. The third kappa shape index (κ3) is 3.21. The van der Waals surface area contributed by atoms with Gasteiger partial charge in [-0.25, -0.2) is 0 Å². The lowest BCUT2D eigenvalue weighted by Gasteiger charge is -2.30. The predicted molar refractivity (Wildman–Crippen MR) is 65.9 cm³/mol. The van der Waals surface area contributed by atoms with Crippen LogP contribution in [0.25, 0.3) is 0 Å². The minimum Gasteiger partial charge on any atom is -0.313 e. The molecule has 1 atom stereocenters. The van der Waals surface area contributed by atoms with Gasteiger partial charge in [-0.3, -0.25) is 0 Å². The molecule has 2 fully saturated rings. The van der Waals surface area contributed by atoms with Gasteiger partial charge in [-0.15, -0.1) is 0 Å². The van der Waals surface area contributed by atoms with Crippen LogP contribution in [0.1, 0.15) is 53.4 Å². The Kier molecular flexibility index (Phi) is 3.12. The van der Waals surface area contributed by atoms with E-state index in [9.17, 15) is 0 Å². The SMILES string of the molecule is CC(NCC(C1CC1)C1CC1)C(C)(C)C. The third-order valence-electron chi connectivity index (χ3n) is 4.41. The largest absolute Gasteiger partial charge is 0.313 e. The molecule has 0 aromatic rings.